The minimum absolute atomic E-state index is 0.128. The largest absolute Gasteiger partial charge is 0.492 e. The average molecular weight is 348 g/mol. The van der Waals surface area contributed by atoms with Crippen LogP contribution in [0.5, 0.6) is 5.75 Å². The second-order valence-electron chi connectivity index (χ2n) is 5.76. The van der Waals surface area contributed by atoms with E-state index in [2.05, 4.69) is 5.32 Å². The lowest BCUT2D eigenvalue weighted by atomic mass is 10.2. The third kappa shape index (κ3) is 4.60. The Morgan fingerprint density at radius 2 is 1.62 bits per heavy atom. The van der Waals surface area contributed by atoms with Crippen molar-refractivity contribution < 1.29 is 9.53 Å². The first-order valence-electron chi connectivity index (χ1n) is 8.43. The van der Waals surface area contributed by atoms with Gasteiger partial charge in [0.25, 0.3) is 11.5 Å². The van der Waals surface area contributed by atoms with Crippen molar-refractivity contribution in [1.29, 1.82) is 0 Å². The average Bonchev–Trinajstić information content (AvgIpc) is 2.68. The van der Waals surface area contributed by atoms with Gasteiger partial charge >= 0.3 is 0 Å². The van der Waals surface area contributed by atoms with E-state index in [0.717, 1.165) is 11.3 Å². The van der Waals surface area contributed by atoms with Crippen LogP contribution in [0.1, 0.15) is 15.9 Å². The van der Waals surface area contributed by atoms with Crippen LogP contribution < -0.4 is 15.6 Å². The molecule has 132 valence electrons. The maximum absolute atomic E-state index is 12.5. The molecule has 0 bridgehead atoms. The van der Waals surface area contributed by atoms with Crippen LogP contribution in [0.2, 0.25) is 0 Å². The lowest BCUT2D eigenvalue weighted by Crippen LogP contribution is -2.34. The predicted octanol–water partition coefficient (Wildman–Crippen LogP) is 2.71. The molecule has 0 unspecified atom stereocenters. The minimum Gasteiger partial charge on any atom is -0.492 e. The highest BCUT2D eigenvalue weighted by Gasteiger charge is 2.11. The summed E-state index contributed by atoms with van der Waals surface area (Å²) in [4.78, 5) is 24.8. The van der Waals surface area contributed by atoms with Crippen LogP contribution in [0.4, 0.5) is 0 Å². The molecule has 3 aromatic rings. The summed E-state index contributed by atoms with van der Waals surface area (Å²) in [7, 11) is 0. The Hall–Kier alpha value is -3.34. The topological polar surface area (TPSA) is 60.3 Å². The van der Waals surface area contributed by atoms with Crippen LogP contribution in [0, 0.1) is 0 Å². The van der Waals surface area contributed by atoms with Gasteiger partial charge in [0.05, 0.1) is 13.1 Å². The fraction of sp³-hybridized carbons (Fsp3) is 0.143. The Balaban J connectivity index is 1.59. The summed E-state index contributed by atoms with van der Waals surface area (Å²) in [5.41, 5.74) is 0.824. The number of amides is 1. The maximum atomic E-state index is 12.5. The van der Waals surface area contributed by atoms with Crippen molar-refractivity contribution in [3.63, 3.8) is 0 Å². The third-order valence-electron chi connectivity index (χ3n) is 3.86. The Bertz CT molecular complexity index is 905. The molecule has 0 radical (unpaired) electrons. The number of hydrogen-bond donors (Lipinski definition) is 1. The van der Waals surface area contributed by atoms with Crippen molar-refractivity contribution in [2.45, 2.75) is 6.54 Å². The van der Waals surface area contributed by atoms with Crippen molar-refractivity contribution in [3.05, 3.63) is 100 Å². The molecule has 0 aliphatic carbocycles. The van der Waals surface area contributed by atoms with E-state index < -0.39 is 5.91 Å². The highest BCUT2D eigenvalue weighted by molar-refractivity contribution is 5.93. The Labute approximate surface area is 151 Å². The third-order valence-corrected chi connectivity index (χ3v) is 3.86. The number of hydrogen-bond acceptors (Lipinski definition) is 3. The van der Waals surface area contributed by atoms with E-state index in [0.29, 0.717) is 19.7 Å². The fourth-order valence-electron chi connectivity index (χ4n) is 2.56. The summed E-state index contributed by atoms with van der Waals surface area (Å²) < 4.78 is 7.06. The normalized spacial score (nSPS) is 10.3. The number of ether oxygens (including phenoxy) is 1. The number of benzene rings is 2. The van der Waals surface area contributed by atoms with E-state index in [4.69, 9.17) is 4.74 Å². The standard InChI is InChI=1S/C21H20N2O3/c24-20(22-13-15-26-18-10-5-2-6-11-18)19-12-7-14-23(21(19)25)16-17-8-3-1-4-9-17/h1-12,14H,13,15-16H2,(H,22,24). The minimum atomic E-state index is -0.394. The molecule has 0 atom stereocenters. The lowest BCUT2D eigenvalue weighted by Gasteiger charge is -2.10. The van der Waals surface area contributed by atoms with Gasteiger partial charge in [-0.1, -0.05) is 48.5 Å². The van der Waals surface area contributed by atoms with Gasteiger partial charge in [0, 0.05) is 6.20 Å². The molecule has 0 saturated heterocycles. The first-order chi connectivity index (χ1) is 12.7. The van der Waals surface area contributed by atoms with Gasteiger partial charge in [-0.15, -0.1) is 0 Å². The van der Waals surface area contributed by atoms with Gasteiger partial charge in [-0.2, -0.15) is 0 Å². The first-order valence-corrected chi connectivity index (χ1v) is 8.43. The second kappa shape index (κ2) is 8.67. The summed E-state index contributed by atoms with van der Waals surface area (Å²) in [6.07, 6.45) is 1.69. The van der Waals surface area contributed by atoms with Gasteiger partial charge in [-0.25, -0.2) is 0 Å². The quantitative estimate of drug-likeness (QED) is 0.668. The highest BCUT2D eigenvalue weighted by Crippen LogP contribution is 2.07. The van der Waals surface area contributed by atoms with Crippen LogP contribution in [0.3, 0.4) is 0 Å². The van der Waals surface area contributed by atoms with Crippen LogP contribution in [0.25, 0.3) is 0 Å². The first kappa shape index (κ1) is 17.5. The molecule has 26 heavy (non-hydrogen) atoms. The van der Waals surface area contributed by atoms with E-state index in [9.17, 15) is 9.59 Å². The molecule has 3 rings (SSSR count). The molecule has 1 amide bonds. The van der Waals surface area contributed by atoms with Crippen molar-refractivity contribution >= 4 is 5.91 Å². The van der Waals surface area contributed by atoms with Crippen LogP contribution in [0.15, 0.2) is 83.8 Å². The molecule has 5 nitrogen and oxygen atoms in total. The van der Waals surface area contributed by atoms with E-state index in [1.165, 1.54) is 10.6 Å². The summed E-state index contributed by atoms with van der Waals surface area (Å²) >= 11 is 0. The zero-order valence-electron chi connectivity index (χ0n) is 14.3. The number of nitrogens with zero attached hydrogens (tertiary/aromatic N) is 1. The molecule has 1 heterocycles. The summed E-state index contributed by atoms with van der Waals surface area (Å²) in [5, 5.41) is 2.72. The van der Waals surface area contributed by atoms with Gasteiger partial charge in [0.15, 0.2) is 0 Å². The Morgan fingerprint density at radius 1 is 0.923 bits per heavy atom. The number of pyridine rings is 1. The molecule has 0 spiro atoms. The number of para-hydroxylation sites is 1. The monoisotopic (exact) mass is 348 g/mol. The van der Waals surface area contributed by atoms with Crippen molar-refractivity contribution in [2.75, 3.05) is 13.2 Å². The Morgan fingerprint density at radius 3 is 2.35 bits per heavy atom. The zero-order chi connectivity index (χ0) is 18.2. The molecule has 0 aliphatic heterocycles. The molecule has 1 aromatic heterocycles. The molecular weight excluding hydrogens is 328 g/mol. The van der Waals surface area contributed by atoms with E-state index in [1.807, 2.05) is 60.7 Å². The smallest absolute Gasteiger partial charge is 0.263 e. The molecule has 0 saturated carbocycles. The van der Waals surface area contributed by atoms with Gasteiger partial charge in [0.2, 0.25) is 0 Å². The van der Waals surface area contributed by atoms with Crippen molar-refractivity contribution in [1.82, 2.24) is 9.88 Å². The number of nitrogens with one attached hydrogen (secondary N) is 1. The number of rotatable bonds is 7. The second-order valence-corrected chi connectivity index (χ2v) is 5.76. The van der Waals surface area contributed by atoms with E-state index >= 15 is 0 Å². The molecule has 0 fully saturated rings. The van der Waals surface area contributed by atoms with E-state index in [1.54, 1.807) is 12.3 Å². The lowest BCUT2D eigenvalue weighted by molar-refractivity contribution is 0.0945. The number of carbonyl (C=O) groups excluding carboxylic acids is 1. The van der Waals surface area contributed by atoms with Gasteiger partial charge in [-0.3, -0.25) is 9.59 Å². The molecule has 2 aromatic carbocycles. The van der Waals surface area contributed by atoms with Gasteiger partial charge in [-0.05, 0) is 29.8 Å². The highest BCUT2D eigenvalue weighted by atomic mass is 16.5. The summed E-state index contributed by atoms with van der Waals surface area (Å²) in [5.74, 6) is 0.348. The fourth-order valence-corrected chi connectivity index (χ4v) is 2.56. The van der Waals surface area contributed by atoms with Crippen LogP contribution in [-0.4, -0.2) is 23.6 Å². The van der Waals surface area contributed by atoms with E-state index in [-0.39, 0.29) is 11.1 Å². The Kier molecular flexibility index (Phi) is 5.83. The van der Waals surface area contributed by atoms with Crippen LogP contribution >= 0.6 is 0 Å². The van der Waals surface area contributed by atoms with Crippen molar-refractivity contribution in [3.8, 4) is 5.75 Å². The molecule has 5 heteroatoms. The van der Waals surface area contributed by atoms with Gasteiger partial charge < -0.3 is 14.6 Å². The van der Waals surface area contributed by atoms with Crippen molar-refractivity contribution in [2.24, 2.45) is 0 Å². The molecule has 0 aliphatic rings. The molecule has 1 N–H and O–H groups in total. The number of aromatic nitrogens is 1. The zero-order valence-corrected chi connectivity index (χ0v) is 14.3. The number of carbonyl (C=O) groups is 1. The van der Waals surface area contributed by atoms with Crippen LogP contribution in [-0.2, 0) is 6.54 Å². The summed E-state index contributed by atoms with van der Waals surface area (Å²) in [6.45, 7) is 1.08. The molecular formula is C21H20N2O3. The maximum Gasteiger partial charge on any atom is 0.263 e. The summed E-state index contributed by atoms with van der Waals surface area (Å²) in [6, 6.07) is 22.3. The SMILES string of the molecule is O=C(NCCOc1ccccc1)c1cccn(Cc2ccccc2)c1=O. The predicted molar refractivity (Wildman–Crippen MR) is 101 cm³/mol. The van der Waals surface area contributed by atoms with Gasteiger partial charge in [0.1, 0.15) is 17.9 Å².